The standard InChI is InChI=1S/C22H22Cl2FN3O5S/c23-18-4-1-14(9-19(18)24)27-21(29)26-11-16-12-28(22(30)33-16)15-2-3-17(20(25)10-15)13-5-7-34(31,32)8-6-13/h1-4,9-10,13,16H,5-8,11-12H2,(H2,26,27,29)/t16-/m0/s1. The highest BCUT2D eigenvalue weighted by atomic mass is 35.5. The molecule has 0 unspecified atom stereocenters. The number of benzene rings is 2. The summed E-state index contributed by atoms with van der Waals surface area (Å²) in [4.78, 5) is 25.7. The Morgan fingerprint density at radius 3 is 2.53 bits per heavy atom. The van der Waals surface area contributed by atoms with Crippen LogP contribution >= 0.6 is 23.2 Å². The van der Waals surface area contributed by atoms with Crippen molar-refractivity contribution in [1.29, 1.82) is 0 Å². The van der Waals surface area contributed by atoms with Crippen LogP contribution in [0.2, 0.25) is 10.0 Å². The quantitative estimate of drug-likeness (QED) is 0.590. The number of anilines is 2. The third kappa shape index (κ3) is 5.73. The Balaban J connectivity index is 1.33. The Morgan fingerprint density at radius 2 is 1.85 bits per heavy atom. The molecule has 0 spiro atoms. The van der Waals surface area contributed by atoms with E-state index in [2.05, 4.69) is 10.6 Å². The minimum Gasteiger partial charge on any atom is -0.442 e. The first kappa shape index (κ1) is 24.6. The molecule has 0 aliphatic carbocycles. The van der Waals surface area contributed by atoms with E-state index in [0.717, 1.165) is 0 Å². The average Bonchev–Trinajstić information content (AvgIpc) is 3.16. The van der Waals surface area contributed by atoms with Gasteiger partial charge in [-0.05, 0) is 54.7 Å². The van der Waals surface area contributed by atoms with Gasteiger partial charge in [0, 0.05) is 5.69 Å². The van der Waals surface area contributed by atoms with E-state index < -0.39 is 33.9 Å². The molecule has 1 atom stereocenters. The van der Waals surface area contributed by atoms with Crippen molar-refractivity contribution in [2.24, 2.45) is 0 Å². The largest absolute Gasteiger partial charge is 0.442 e. The van der Waals surface area contributed by atoms with Gasteiger partial charge in [-0.25, -0.2) is 22.4 Å². The molecule has 2 fully saturated rings. The molecule has 2 aliphatic rings. The number of carbonyl (C=O) groups excluding carboxylic acids is 2. The SMILES string of the molecule is O=C(NC[C@H]1CN(c2ccc(C3CCS(=O)(=O)CC3)c(F)c2)C(=O)O1)Nc1ccc(Cl)c(Cl)c1. The number of amides is 3. The first-order chi connectivity index (χ1) is 16.1. The summed E-state index contributed by atoms with van der Waals surface area (Å²) >= 11 is 11.8. The zero-order valence-corrected chi connectivity index (χ0v) is 20.2. The van der Waals surface area contributed by atoms with Crippen molar-refractivity contribution in [2.45, 2.75) is 24.9 Å². The molecule has 4 rings (SSSR count). The molecule has 0 radical (unpaired) electrons. The van der Waals surface area contributed by atoms with E-state index in [1.807, 2.05) is 0 Å². The zero-order chi connectivity index (χ0) is 24.5. The molecule has 2 aliphatic heterocycles. The van der Waals surface area contributed by atoms with E-state index in [9.17, 15) is 22.4 Å². The normalized spacial score (nSPS) is 20.1. The third-order valence-corrected chi connectivity index (χ3v) is 8.29. The predicted octanol–water partition coefficient (Wildman–Crippen LogP) is 4.57. The second-order valence-electron chi connectivity index (χ2n) is 8.21. The summed E-state index contributed by atoms with van der Waals surface area (Å²) in [6.07, 6.45) is -0.518. The van der Waals surface area contributed by atoms with Crippen LogP contribution in [-0.4, -0.2) is 51.2 Å². The molecule has 0 saturated carbocycles. The molecule has 0 aromatic heterocycles. The maximum absolute atomic E-state index is 14.8. The molecule has 182 valence electrons. The number of nitrogens with one attached hydrogen (secondary N) is 2. The van der Waals surface area contributed by atoms with Gasteiger partial charge in [0.15, 0.2) is 0 Å². The Morgan fingerprint density at radius 1 is 1.12 bits per heavy atom. The molecule has 3 amide bonds. The van der Waals surface area contributed by atoms with Gasteiger partial charge in [-0.1, -0.05) is 29.3 Å². The molecule has 2 heterocycles. The topological polar surface area (TPSA) is 105 Å². The Bertz CT molecular complexity index is 1210. The van der Waals surface area contributed by atoms with Crippen LogP contribution in [0, 0.1) is 5.82 Å². The summed E-state index contributed by atoms with van der Waals surface area (Å²) in [5, 5.41) is 5.88. The number of hydrogen-bond acceptors (Lipinski definition) is 5. The highest BCUT2D eigenvalue weighted by Gasteiger charge is 2.33. The lowest BCUT2D eigenvalue weighted by Gasteiger charge is -2.23. The number of sulfone groups is 1. The number of cyclic esters (lactones) is 1. The molecule has 2 N–H and O–H groups in total. The number of hydrogen-bond donors (Lipinski definition) is 2. The van der Waals surface area contributed by atoms with Crippen molar-refractivity contribution in [2.75, 3.05) is 34.8 Å². The first-order valence-electron chi connectivity index (χ1n) is 10.6. The number of halogens is 3. The van der Waals surface area contributed by atoms with Crippen LogP contribution in [0.1, 0.15) is 24.3 Å². The first-order valence-corrected chi connectivity index (χ1v) is 13.2. The van der Waals surface area contributed by atoms with Gasteiger partial charge in [0.2, 0.25) is 0 Å². The van der Waals surface area contributed by atoms with Crippen LogP contribution in [-0.2, 0) is 14.6 Å². The molecular weight excluding hydrogens is 508 g/mol. The van der Waals surface area contributed by atoms with Gasteiger partial charge >= 0.3 is 12.1 Å². The Labute approximate surface area is 206 Å². The fourth-order valence-corrected chi connectivity index (χ4v) is 5.80. The number of nitrogens with zero attached hydrogens (tertiary/aromatic N) is 1. The van der Waals surface area contributed by atoms with Crippen molar-refractivity contribution in [3.05, 3.63) is 57.8 Å². The summed E-state index contributed by atoms with van der Waals surface area (Å²) in [5.41, 5.74) is 1.23. The monoisotopic (exact) mass is 529 g/mol. The second-order valence-corrected chi connectivity index (χ2v) is 11.3. The lowest BCUT2D eigenvalue weighted by Crippen LogP contribution is -2.37. The maximum atomic E-state index is 14.8. The molecule has 2 aromatic carbocycles. The Kier molecular flexibility index (Phi) is 7.20. The second kappa shape index (κ2) is 9.97. The van der Waals surface area contributed by atoms with Gasteiger partial charge < -0.3 is 15.4 Å². The van der Waals surface area contributed by atoms with Crippen molar-refractivity contribution in [3.63, 3.8) is 0 Å². The highest BCUT2D eigenvalue weighted by molar-refractivity contribution is 7.91. The number of carbonyl (C=O) groups is 2. The average molecular weight is 530 g/mol. The maximum Gasteiger partial charge on any atom is 0.414 e. The number of ether oxygens (including phenoxy) is 1. The van der Waals surface area contributed by atoms with Gasteiger partial charge in [0.05, 0.1) is 40.3 Å². The number of urea groups is 1. The van der Waals surface area contributed by atoms with Gasteiger partial charge in [-0.15, -0.1) is 0 Å². The van der Waals surface area contributed by atoms with Crippen molar-refractivity contribution < 1.29 is 27.1 Å². The summed E-state index contributed by atoms with van der Waals surface area (Å²) in [6.45, 7) is 0.179. The molecule has 2 saturated heterocycles. The van der Waals surface area contributed by atoms with E-state index in [0.29, 0.717) is 39.8 Å². The minimum atomic E-state index is -3.04. The van der Waals surface area contributed by atoms with Crippen LogP contribution in [0.5, 0.6) is 0 Å². The molecule has 12 heteroatoms. The van der Waals surface area contributed by atoms with Crippen LogP contribution in [0.4, 0.5) is 25.4 Å². The van der Waals surface area contributed by atoms with E-state index in [1.54, 1.807) is 24.3 Å². The van der Waals surface area contributed by atoms with Crippen LogP contribution in [0.25, 0.3) is 0 Å². The summed E-state index contributed by atoms with van der Waals surface area (Å²) in [7, 11) is -3.04. The fourth-order valence-electron chi connectivity index (χ4n) is 4.01. The molecule has 0 bridgehead atoms. The summed E-state index contributed by atoms with van der Waals surface area (Å²) < 4.78 is 43.4. The minimum absolute atomic E-state index is 0.0463. The van der Waals surface area contributed by atoms with Gasteiger partial charge in [-0.3, -0.25) is 4.90 Å². The fraction of sp³-hybridized carbons (Fsp3) is 0.364. The van der Waals surface area contributed by atoms with Crippen LogP contribution in [0.3, 0.4) is 0 Å². The summed E-state index contributed by atoms with van der Waals surface area (Å²) in [5.74, 6) is -0.568. The Hall–Kier alpha value is -2.56. The lowest BCUT2D eigenvalue weighted by atomic mass is 9.93. The lowest BCUT2D eigenvalue weighted by molar-refractivity contribution is 0.141. The van der Waals surface area contributed by atoms with E-state index >= 15 is 0 Å². The number of rotatable bonds is 5. The highest BCUT2D eigenvalue weighted by Crippen LogP contribution is 2.33. The van der Waals surface area contributed by atoms with Crippen molar-refractivity contribution in [1.82, 2.24) is 5.32 Å². The van der Waals surface area contributed by atoms with Crippen molar-refractivity contribution in [3.8, 4) is 0 Å². The molecular formula is C22H22Cl2FN3O5S. The summed E-state index contributed by atoms with van der Waals surface area (Å²) in [6, 6.07) is 8.61. The van der Waals surface area contributed by atoms with Crippen LogP contribution in [0.15, 0.2) is 36.4 Å². The van der Waals surface area contributed by atoms with E-state index in [-0.39, 0.29) is 30.5 Å². The zero-order valence-electron chi connectivity index (χ0n) is 17.9. The smallest absolute Gasteiger partial charge is 0.414 e. The van der Waals surface area contributed by atoms with E-state index in [4.69, 9.17) is 27.9 Å². The molecule has 2 aromatic rings. The predicted molar refractivity (Wildman–Crippen MR) is 128 cm³/mol. The van der Waals surface area contributed by atoms with Crippen molar-refractivity contribution >= 4 is 56.5 Å². The van der Waals surface area contributed by atoms with Crippen LogP contribution < -0.4 is 15.5 Å². The van der Waals surface area contributed by atoms with Gasteiger partial charge in [0.25, 0.3) is 0 Å². The van der Waals surface area contributed by atoms with E-state index in [1.165, 1.54) is 17.0 Å². The van der Waals surface area contributed by atoms with Gasteiger partial charge in [-0.2, -0.15) is 0 Å². The van der Waals surface area contributed by atoms with Gasteiger partial charge in [0.1, 0.15) is 21.8 Å². The molecule has 34 heavy (non-hydrogen) atoms. The molecule has 8 nitrogen and oxygen atoms in total. The third-order valence-electron chi connectivity index (χ3n) is 5.83.